The van der Waals surface area contributed by atoms with Gasteiger partial charge in [0.1, 0.15) is 5.82 Å². The zero-order valence-corrected chi connectivity index (χ0v) is 11.8. The summed E-state index contributed by atoms with van der Waals surface area (Å²) in [6, 6.07) is 16.2. The topological polar surface area (TPSA) is 27.6 Å². The third-order valence-electron chi connectivity index (χ3n) is 3.50. The average Bonchev–Trinajstić information content (AvgIpc) is 3.04. The summed E-state index contributed by atoms with van der Waals surface area (Å²) in [6.07, 6.45) is 2.36. The molecular formula is C17H18FN3. The first-order valence-electron chi connectivity index (χ1n) is 7.22. The van der Waals surface area contributed by atoms with Crippen LogP contribution in [-0.2, 0) is 0 Å². The molecule has 0 spiro atoms. The molecule has 0 unspecified atom stereocenters. The van der Waals surface area contributed by atoms with Crippen molar-refractivity contribution >= 4 is 17.3 Å². The summed E-state index contributed by atoms with van der Waals surface area (Å²) < 4.78 is 13.0. The summed E-state index contributed by atoms with van der Waals surface area (Å²) in [5.41, 5.74) is 1.76. The van der Waals surface area contributed by atoms with Crippen molar-refractivity contribution in [2.75, 3.05) is 18.4 Å². The summed E-state index contributed by atoms with van der Waals surface area (Å²) in [7, 11) is 0. The molecule has 1 fully saturated rings. The fraction of sp³-hybridized carbons (Fsp3) is 0.235. The Hall–Kier alpha value is -2.36. The van der Waals surface area contributed by atoms with Crippen molar-refractivity contribution in [3.05, 3.63) is 60.4 Å². The highest BCUT2D eigenvalue weighted by atomic mass is 19.1. The summed E-state index contributed by atoms with van der Waals surface area (Å²) in [5.74, 6) is 0.581. The molecule has 4 heteroatoms. The molecule has 0 atom stereocenters. The van der Waals surface area contributed by atoms with Crippen molar-refractivity contribution in [2.24, 2.45) is 4.99 Å². The maximum Gasteiger partial charge on any atom is 0.203 e. The van der Waals surface area contributed by atoms with E-state index in [-0.39, 0.29) is 5.82 Å². The quantitative estimate of drug-likeness (QED) is 0.666. The lowest BCUT2D eigenvalue weighted by atomic mass is 10.3. The van der Waals surface area contributed by atoms with Crippen molar-refractivity contribution in [1.29, 1.82) is 0 Å². The summed E-state index contributed by atoms with van der Waals surface area (Å²) in [5, 5.41) is 3.37. The number of hydrogen-bond donors (Lipinski definition) is 1. The molecule has 0 radical (unpaired) electrons. The van der Waals surface area contributed by atoms with Crippen LogP contribution in [0.15, 0.2) is 59.6 Å². The van der Waals surface area contributed by atoms with E-state index in [4.69, 9.17) is 0 Å². The second kappa shape index (κ2) is 6.39. The number of benzene rings is 2. The van der Waals surface area contributed by atoms with Crippen LogP contribution in [0.3, 0.4) is 0 Å². The van der Waals surface area contributed by atoms with Gasteiger partial charge >= 0.3 is 0 Å². The summed E-state index contributed by atoms with van der Waals surface area (Å²) >= 11 is 0. The molecule has 2 aromatic carbocycles. The summed E-state index contributed by atoms with van der Waals surface area (Å²) in [4.78, 5) is 6.87. The monoisotopic (exact) mass is 283 g/mol. The number of nitrogens with zero attached hydrogens (tertiary/aromatic N) is 2. The van der Waals surface area contributed by atoms with E-state index in [1.807, 2.05) is 30.3 Å². The van der Waals surface area contributed by atoms with Crippen LogP contribution < -0.4 is 5.32 Å². The van der Waals surface area contributed by atoms with E-state index in [0.29, 0.717) is 0 Å². The highest BCUT2D eigenvalue weighted by molar-refractivity contribution is 5.95. The van der Waals surface area contributed by atoms with Crippen LogP contribution in [0, 0.1) is 5.82 Å². The zero-order valence-electron chi connectivity index (χ0n) is 11.8. The predicted molar refractivity (Wildman–Crippen MR) is 84.4 cm³/mol. The maximum atomic E-state index is 13.0. The van der Waals surface area contributed by atoms with E-state index in [1.165, 1.54) is 25.0 Å². The number of likely N-dealkylation sites (tertiary alicyclic amines) is 1. The number of anilines is 1. The first-order chi connectivity index (χ1) is 10.3. The molecule has 1 aliphatic heterocycles. The SMILES string of the molecule is Fc1ccc(N=C(Nc2ccccc2)N2CCCC2)cc1. The van der Waals surface area contributed by atoms with Gasteiger partial charge in [0.25, 0.3) is 0 Å². The normalized spacial score (nSPS) is 15.3. The lowest BCUT2D eigenvalue weighted by molar-refractivity contribution is 0.518. The predicted octanol–water partition coefficient (Wildman–Crippen LogP) is 4.02. The molecule has 3 nitrogen and oxygen atoms in total. The molecule has 0 aromatic heterocycles. The maximum absolute atomic E-state index is 13.0. The Balaban J connectivity index is 1.86. The minimum Gasteiger partial charge on any atom is -0.342 e. The molecule has 108 valence electrons. The van der Waals surface area contributed by atoms with Crippen molar-refractivity contribution in [2.45, 2.75) is 12.8 Å². The van der Waals surface area contributed by atoms with Crippen LogP contribution in [0.5, 0.6) is 0 Å². The Bertz CT molecular complexity index is 602. The van der Waals surface area contributed by atoms with Crippen LogP contribution in [-0.4, -0.2) is 23.9 Å². The fourth-order valence-electron chi connectivity index (χ4n) is 2.40. The third kappa shape index (κ3) is 3.60. The minimum absolute atomic E-state index is 0.243. The van der Waals surface area contributed by atoms with Gasteiger partial charge in [0.05, 0.1) is 5.69 Å². The molecule has 1 heterocycles. The largest absolute Gasteiger partial charge is 0.342 e. The number of nitrogens with one attached hydrogen (secondary N) is 1. The molecular weight excluding hydrogens is 265 g/mol. The molecule has 1 saturated heterocycles. The Morgan fingerprint density at radius 1 is 0.952 bits per heavy atom. The first kappa shape index (κ1) is 13.6. The number of hydrogen-bond acceptors (Lipinski definition) is 1. The number of para-hydroxylation sites is 1. The Labute approximate surface area is 124 Å². The molecule has 1 aliphatic rings. The van der Waals surface area contributed by atoms with Gasteiger partial charge in [-0.05, 0) is 49.2 Å². The number of halogens is 1. The Morgan fingerprint density at radius 3 is 2.29 bits per heavy atom. The summed E-state index contributed by atoms with van der Waals surface area (Å²) in [6.45, 7) is 2.00. The molecule has 3 rings (SSSR count). The van der Waals surface area contributed by atoms with Crippen LogP contribution in [0.1, 0.15) is 12.8 Å². The molecule has 21 heavy (non-hydrogen) atoms. The average molecular weight is 283 g/mol. The van der Waals surface area contributed by atoms with Crippen molar-refractivity contribution in [1.82, 2.24) is 4.90 Å². The molecule has 2 aromatic rings. The standard InChI is InChI=1S/C17H18FN3/c18-14-8-10-16(11-9-14)20-17(21-12-4-5-13-21)19-15-6-2-1-3-7-15/h1-3,6-11H,4-5,12-13H2,(H,19,20). The molecule has 0 bridgehead atoms. The second-order valence-electron chi connectivity index (χ2n) is 5.10. The number of guanidine groups is 1. The minimum atomic E-state index is -0.243. The smallest absolute Gasteiger partial charge is 0.203 e. The van der Waals surface area contributed by atoms with Gasteiger partial charge in [-0.2, -0.15) is 0 Å². The van der Waals surface area contributed by atoms with Gasteiger partial charge < -0.3 is 10.2 Å². The van der Waals surface area contributed by atoms with E-state index < -0.39 is 0 Å². The third-order valence-corrected chi connectivity index (χ3v) is 3.50. The zero-order chi connectivity index (χ0) is 14.5. The van der Waals surface area contributed by atoms with Gasteiger partial charge in [-0.25, -0.2) is 9.38 Å². The fourth-order valence-corrected chi connectivity index (χ4v) is 2.40. The lowest BCUT2D eigenvalue weighted by Gasteiger charge is -2.21. The lowest BCUT2D eigenvalue weighted by Crippen LogP contribution is -2.33. The van der Waals surface area contributed by atoms with Crippen molar-refractivity contribution < 1.29 is 4.39 Å². The van der Waals surface area contributed by atoms with Gasteiger partial charge in [0.2, 0.25) is 5.96 Å². The Morgan fingerprint density at radius 2 is 1.62 bits per heavy atom. The number of rotatable bonds is 2. The van der Waals surface area contributed by atoms with Crippen molar-refractivity contribution in [3.63, 3.8) is 0 Å². The van der Waals surface area contributed by atoms with E-state index in [1.54, 1.807) is 12.1 Å². The molecule has 0 amide bonds. The van der Waals surface area contributed by atoms with Crippen LogP contribution in [0.2, 0.25) is 0 Å². The van der Waals surface area contributed by atoms with Crippen LogP contribution in [0.25, 0.3) is 0 Å². The van der Waals surface area contributed by atoms with Gasteiger partial charge in [0, 0.05) is 18.8 Å². The molecule has 1 N–H and O–H groups in total. The molecule has 0 aliphatic carbocycles. The first-order valence-corrected chi connectivity index (χ1v) is 7.22. The van der Waals surface area contributed by atoms with Crippen LogP contribution >= 0.6 is 0 Å². The Kier molecular flexibility index (Phi) is 4.15. The molecule has 0 saturated carbocycles. The number of aliphatic imine (C=N–C) groups is 1. The highest BCUT2D eigenvalue weighted by Crippen LogP contribution is 2.17. The van der Waals surface area contributed by atoms with Crippen LogP contribution in [0.4, 0.5) is 15.8 Å². The van der Waals surface area contributed by atoms with E-state index in [0.717, 1.165) is 30.4 Å². The second-order valence-corrected chi connectivity index (χ2v) is 5.10. The van der Waals surface area contributed by atoms with Gasteiger partial charge in [0.15, 0.2) is 0 Å². The van der Waals surface area contributed by atoms with Gasteiger partial charge in [-0.3, -0.25) is 0 Å². The van der Waals surface area contributed by atoms with E-state index in [9.17, 15) is 4.39 Å². The van der Waals surface area contributed by atoms with Gasteiger partial charge in [-0.15, -0.1) is 0 Å². The van der Waals surface area contributed by atoms with Gasteiger partial charge in [-0.1, -0.05) is 18.2 Å². The highest BCUT2D eigenvalue weighted by Gasteiger charge is 2.16. The van der Waals surface area contributed by atoms with E-state index >= 15 is 0 Å². The van der Waals surface area contributed by atoms with E-state index in [2.05, 4.69) is 15.2 Å². The van der Waals surface area contributed by atoms with Crippen molar-refractivity contribution in [3.8, 4) is 0 Å².